The average molecular weight is 340 g/mol. The summed E-state index contributed by atoms with van der Waals surface area (Å²) >= 11 is 0. The quantitative estimate of drug-likeness (QED) is 0.716. The molecule has 1 aromatic carbocycles. The Morgan fingerprint density at radius 3 is 2.72 bits per heavy atom. The molecule has 0 atom stereocenters. The van der Waals surface area contributed by atoms with Gasteiger partial charge in [0.25, 0.3) is 0 Å². The van der Waals surface area contributed by atoms with Gasteiger partial charge in [-0.3, -0.25) is 14.3 Å². The highest BCUT2D eigenvalue weighted by atomic mass is 19.1. The number of aromatic nitrogens is 3. The van der Waals surface area contributed by atoms with Crippen molar-refractivity contribution in [1.29, 1.82) is 0 Å². The van der Waals surface area contributed by atoms with Crippen LogP contribution in [0.4, 0.5) is 4.39 Å². The Balaban J connectivity index is 1.27. The van der Waals surface area contributed by atoms with Crippen molar-refractivity contribution < 1.29 is 9.13 Å². The highest BCUT2D eigenvalue weighted by molar-refractivity contribution is 5.36. The monoisotopic (exact) mass is 340 g/mol. The molecule has 2 aromatic heterocycles. The van der Waals surface area contributed by atoms with Gasteiger partial charge in [-0.25, -0.2) is 9.37 Å². The van der Waals surface area contributed by atoms with Gasteiger partial charge in [0.2, 0.25) is 0 Å². The highest BCUT2D eigenvalue weighted by Gasteiger charge is 2.20. The molecule has 0 radical (unpaired) electrons. The Bertz CT molecular complexity index is 825. The maximum atomic E-state index is 12.9. The van der Waals surface area contributed by atoms with Crippen LogP contribution in [0.3, 0.4) is 0 Å². The van der Waals surface area contributed by atoms with Crippen LogP contribution in [0, 0.1) is 5.82 Å². The van der Waals surface area contributed by atoms with Crippen LogP contribution in [0.25, 0.3) is 5.65 Å². The van der Waals surface area contributed by atoms with E-state index in [1.807, 2.05) is 12.4 Å². The van der Waals surface area contributed by atoms with Crippen LogP contribution < -0.4 is 0 Å². The Labute approximate surface area is 146 Å². The summed E-state index contributed by atoms with van der Waals surface area (Å²) in [6.07, 6.45) is 9.74. The maximum absolute atomic E-state index is 12.9. The highest BCUT2D eigenvalue weighted by Crippen LogP contribution is 2.18. The first-order chi connectivity index (χ1) is 12.3. The Morgan fingerprint density at radius 2 is 1.92 bits per heavy atom. The summed E-state index contributed by atoms with van der Waals surface area (Å²) in [5.41, 5.74) is 3.08. The summed E-state index contributed by atoms with van der Waals surface area (Å²) in [7, 11) is 0. The Morgan fingerprint density at radius 1 is 1.12 bits per heavy atom. The fourth-order valence-corrected chi connectivity index (χ4v) is 3.27. The number of likely N-dealkylation sites (tertiary alicyclic amines) is 1. The second-order valence-electron chi connectivity index (χ2n) is 6.47. The van der Waals surface area contributed by atoms with E-state index in [-0.39, 0.29) is 11.9 Å². The second kappa shape index (κ2) is 7.29. The molecule has 0 bridgehead atoms. The predicted octanol–water partition coefficient (Wildman–Crippen LogP) is 3.05. The van der Waals surface area contributed by atoms with Crippen LogP contribution in [-0.4, -0.2) is 38.5 Å². The number of benzene rings is 1. The van der Waals surface area contributed by atoms with E-state index in [1.54, 1.807) is 24.5 Å². The third-order valence-electron chi connectivity index (χ3n) is 4.71. The molecule has 0 N–H and O–H groups in total. The molecule has 3 heterocycles. The van der Waals surface area contributed by atoms with Gasteiger partial charge in [-0.15, -0.1) is 0 Å². The first kappa shape index (κ1) is 16.2. The first-order valence-corrected chi connectivity index (χ1v) is 8.62. The minimum Gasteiger partial charge on any atom is -0.373 e. The lowest BCUT2D eigenvalue weighted by Crippen LogP contribution is -2.36. The molecule has 0 aliphatic carbocycles. The number of halogens is 1. The molecule has 25 heavy (non-hydrogen) atoms. The van der Waals surface area contributed by atoms with Gasteiger partial charge in [-0.1, -0.05) is 12.1 Å². The van der Waals surface area contributed by atoms with Gasteiger partial charge >= 0.3 is 0 Å². The van der Waals surface area contributed by atoms with Crippen LogP contribution >= 0.6 is 0 Å². The van der Waals surface area contributed by atoms with Crippen LogP contribution in [0.15, 0.2) is 49.1 Å². The van der Waals surface area contributed by atoms with Crippen LogP contribution in [0.2, 0.25) is 0 Å². The zero-order valence-corrected chi connectivity index (χ0v) is 14.0. The van der Waals surface area contributed by atoms with E-state index in [4.69, 9.17) is 4.74 Å². The normalized spacial score (nSPS) is 16.5. The van der Waals surface area contributed by atoms with Gasteiger partial charge in [0.15, 0.2) is 5.65 Å². The summed E-state index contributed by atoms with van der Waals surface area (Å²) in [5, 5.41) is 0. The lowest BCUT2D eigenvalue weighted by Gasteiger charge is -2.31. The van der Waals surface area contributed by atoms with Gasteiger partial charge in [0, 0.05) is 32.0 Å². The molecule has 1 aliphatic heterocycles. The molecule has 6 heteroatoms. The van der Waals surface area contributed by atoms with Gasteiger partial charge in [-0.05, 0) is 30.5 Å². The fraction of sp³-hybridized carbons (Fsp3) is 0.368. The zero-order chi connectivity index (χ0) is 17.1. The number of hydrogen-bond donors (Lipinski definition) is 0. The summed E-state index contributed by atoms with van der Waals surface area (Å²) < 4.78 is 21.0. The average Bonchev–Trinajstić information content (AvgIpc) is 3.06. The third-order valence-corrected chi connectivity index (χ3v) is 4.71. The van der Waals surface area contributed by atoms with E-state index in [0.29, 0.717) is 6.61 Å². The van der Waals surface area contributed by atoms with Gasteiger partial charge in [-0.2, -0.15) is 0 Å². The van der Waals surface area contributed by atoms with Crippen LogP contribution in [-0.2, 0) is 17.9 Å². The first-order valence-electron chi connectivity index (χ1n) is 8.62. The number of nitrogens with zero attached hydrogens (tertiary/aromatic N) is 4. The number of rotatable bonds is 5. The SMILES string of the molecule is Fc1ccc(COC2CCN(Cc3cnc4cnccn34)CC2)cc1. The van der Waals surface area contributed by atoms with Gasteiger partial charge in [0.05, 0.1) is 30.8 Å². The molecular weight excluding hydrogens is 319 g/mol. The molecular formula is C19H21FN4O. The molecule has 1 aliphatic rings. The van der Waals surface area contributed by atoms with Crippen molar-refractivity contribution in [3.05, 3.63) is 66.1 Å². The smallest absolute Gasteiger partial charge is 0.155 e. The van der Waals surface area contributed by atoms with Crippen molar-refractivity contribution in [2.75, 3.05) is 13.1 Å². The van der Waals surface area contributed by atoms with Gasteiger partial charge < -0.3 is 4.74 Å². The molecule has 3 aromatic rings. The van der Waals surface area contributed by atoms with Crippen molar-refractivity contribution in [2.45, 2.75) is 32.1 Å². The van der Waals surface area contributed by atoms with Crippen molar-refractivity contribution in [3.8, 4) is 0 Å². The Hall–Kier alpha value is -2.31. The number of piperidine rings is 1. The molecule has 5 nitrogen and oxygen atoms in total. The molecule has 0 saturated carbocycles. The summed E-state index contributed by atoms with van der Waals surface area (Å²) in [6.45, 7) is 3.44. The second-order valence-corrected chi connectivity index (χ2v) is 6.47. The number of hydrogen-bond acceptors (Lipinski definition) is 4. The van der Waals surface area contributed by atoms with E-state index in [0.717, 1.165) is 43.7 Å². The van der Waals surface area contributed by atoms with Crippen LogP contribution in [0.5, 0.6) is 0 Å². The topological polar surface area (TPSA) is 42.7 Å². The zero-order valence-electron chi connectivity index (χ0n) is 14.0. The van der Waals surface area contributed by atoms with E-state index in [9.17, 15) is 4.39 Å². The predicted molar refractivity (Wildman–Crippen MR) is 92.5 cm³/mol. The van der Waals surface area contributed by atoms with Crippen molar-refractivity contribution in [1.82, 2.24) is 19.3 Å². The number of ether oxygens (including phenoxy) is 1. The van der Waals surface area contributed by atoms with Crippen molar-refractivity contribution in [3.63, 3.8) is 0 Å². The molecule has 1 saturated heterocycles. The number of imidazole rings is 1. The summed E-state index contributed by atoms with van der Waals surface area (Å²) in [5.74, 6) is -0.208. The maximum Gasteiger partial charge on any atom is 0.155 e. The molecule has 130 valence electrons. The Kier molecular flexibility index (Phi) is 4.72. The third kappa shape index (κ3) is 3.86. The lowest BCUT2D eigenvalue weighted by molar-refractivity contribution is -0.00419. The lowest BCUT2D eigenvalue weighted by atomic mass is 10.1. The van der Waals surface area contributed by atoms with E-state index in [2.05, 4.69) is 19.3 Å². The van der Waals surface area contributed by atoms with Crippen LogP contribution in [0.1, 0.15) is 24.1 Å². The van der Waals surface area contributed by atoms with Crippen molar-refractivity contribution >= 4 is 5.65 Å². The standard InChI is InChI=1S/C19H21FN4O/c20-16-3-1-15(2-4-16)14-25-18-5-8-23(9-6-18)13-17-11-22-19-12-21-7-10-24(17)19/h1-4,7,10-12,18H,5-6,8-9,13-14H2. The molecule has 0 unspecified atom stereocenters. The molecule has 1 fully saturated rings. The molecule has 0 amide bonds. The van der Waals surface area contributed by atoms with E-state index < -0.39 is 0 Å². The fourth-order valence-electron chi connectivity index (χ4n) is 3.27. The van der Waals surface area contributed by atoms with Gasteiger partial charge in [0.1, 0.15) is 5.82 Å². The van der Waals surface area contributed by atoms with E-state index in [1.165, 1.54) is 17.8 Å². The molecule has 0 spiro atoms. The summed E-state index contributed by atoms with van der Waals surface area (Å²) in [4.78, 5) is 10.9. The van der Waals surface area contributed by atoms with E-state index >= 15 is 0 Å². The largest absolute Gasteiger partial charge is 0.373 e. The summed E-state index contributed by atoms with van der Waals surface area (Å²) in [6, 6.07) is 6.52. The minimum atomic E-state index is -0.208. The van der Waals surface area contributed by atoms with Crippen molar-refractivity contribution in [2.24, 2.45) is 0 Å². The minimum absolute atomic E-state index is 0.208. The number of fused-ring (bicyclic) bond motifs is 1. The molecule has 4 rings (SSSR count).